The van der Waals surface area contributed by atoms with Gasteiger partial charge in [0.2, 0.25) is 0 Å². The van der Waals surface area contributed by atoms with Gasteiger partial charge in [0.05, 0.1) is 5.52 Å². The summed E-state index contributed by atoms with van der Waals surface area (Å²) in [5.74, 6) is 0.585. The van der Waals surface area contributed by atoms with Crippen molar-refractivity contribution >= 4 is 22.2 Å². The summed E-state index contributed by atoms with van der Waals surface area (Å²) >= 11 is 1.87. The molecule has 1 unspecified atom stereocenters. The van der Waals surface area contributed by atoms with Crippen LogP contribution >= 0.6 is 11.3 Å². The van der Waals surface area contributed by atoms with E-state index in [1.165, 1.54) is 20.7 Å². The summed E-state index contributed by atoms with van der Waals surface area (Å²) in [6, 6.07) is 15.5. The lowest BCUT2D eigenvalue weighted by atomic mass is 10.0. The summed E-state index contributed by atoms with van der Waals surface area (Å²) < 4.78 is 0. The first-order chi connectivity index (χ1) is 10.2. The van der Waals surface area contributed by atoms with E-state index in [1.807, 2.05) is 30.6 Å². The van der Waals surface area contributed by atoms with E-state index in [2.05, 4.69) is 60.5 Å². The van der Waals surface area contributed by atoms with Gasteiger partial charge in [-0.2, -0.15) is 0 Å². The minimum atomic E-state index is 0.422. The second kappa shape index (κ2) is 5.96. The van der Waals surface area contributed by atoms with Crippen LogP contribution in [0.5, 0.6) is 0 Å². The van der Waals surface area contributed by atoms with Crippen LogP contribution in [0.2, 0.25) is 0 Å². The Morgan fingerprint density at radius 3 is 2.71 bits per heavy atom. The highest BCUT2D eigenvalue weighted by atomic mass is 32.1. The number of rotatable bonds is 4. The van der Waals surface area contributed by atoms with Gasteiger partial charge in [-0.15, -0.1) is 11.3 Å². The Bertz CT molecular complexity index is 746. The lowest BCUT2D eigenvalue weighted by Crippen LogP contribution is -2.20. The maximum atomic E-state index is 4.38. The number of fused-ring (bicyclic) bond motifs is 1. The fourth-order valence-electron chi connectivity index (χ4n) is 2.71. The third kappa shape index (κ3) is 2.85. The number of thiophene rings is 1. The van der Waals surface area contributed by atoms with Gasteiger partial charge in [-0.05, 0) is 48.9 Å². The average molecular weight is 296 g/mol. The molecule has 2 aromatic heterocycles. The Labute approximate surface area is 129 Å². The van der Waals surface area contributed by atoms with Gasteiger partial charge in [0.25, 0.3) is 0 Å². The molecule has 0 bridgehead atoms. The SMILES string of the molecule is CNC(c1ccc(-c2ccc3ncccc3c2)s1)C(C)C. The van der Waals surface area contributed by atoms with Crippen molar-refractivity contribution in [2.45, 2.75) is 19.9 Å². The highest BCUT2D eigenvalue weighted by Crippen LogP contribution is 2.34. The summed E-state index contributed by atoms with van der Waals surface area (Å²) in [6.45, 7) is 4.50. The van der Waals surface area contributed by atoms with Crippen LogP contribution in [0.1, 0.15) is 24.8 Å². The molecule has 2 nitrogen and oxygen atoms in total. The molecule has 0 aliphatic carbocycles. The van der Waals surface area contributed by atoms with Gasteiger partial charge < -0.3 is 5.32 Å². The zero-order valence-corrected chi connectivity index (χ0v) is 13.4. The predicted molar refractivity (Wildman–Crippen MR) is 91.7 cm³/mol. The van der Waals surface area contributed by atoms with Gasteiger partial charge >= 0.3 is 0 Å². The van der Waals surface area contributed by atoms with E-state index in [9.17, 15) is 0 Å². The molecule has 3 heteroatoms. The number of benzene rings is 1. The number of hydrogen-bond donors (Lipinski definition) is 1. The van der Waals surface area contributed by atoms with Gasteiger partial charge in [0.15, 0.2) is 0 Å². The van der Waals surface area contributed by atoms with Gasteiger partial charge in [0.1, 0.15) is 0 Å². The van der Waals surface area contributed by atoms with Crippen LogP contribution in [-0.4, -0.2) is 12.0 Å². The number of pyridine rings is 1. The van der Waals surface area contributed by atoms with Crippen molar-refractivity contribution in [2.24, 2.45) is 5.92 Å². The zero-order chi connectivity index (χ0) is 14.8. The molecule has 0 aliphatic heterocycles. The lowest BCUT2D eigenvalue weighted by Gasteiger charge is -2.18. The van der Waals surface area contributed by atoms with Gasteiger partial charge in [-0.3, -0.25) is 4.98 Å². The van der Waals surface area contributed by atoms with Crippen LogP contribution in [0.25, 0.3) is 21.3 Å². The van der Waals surface area contributed by atoms with Crippen LogP contribution in [0.3, 0.4) is 0 Å². The molecular formula is C18H20N2S. The summed E-state index contributed by atoms with van der Waals surface area (Å²) in [6.07, 6.45) is 1.84. The molecular weight excluding hydrogens is 276 g/mol. The van der Waals surface area contributed by atoms with Crippen LogP contribution in [0.15, 0.2) is 48.7 Å². The van der Waals surface area contributed by atoms with Crippen molar-refractivity contribution in [3.63, 3.8) is 0 Å². The summed E-state index contributed by atoms with van der Waals surface area (Å²) in [5.41, 5.74) is 2.32. The fourth-order valence-corrected chi connectivity index (χ4v) is 4.00. The van der Waals surface area contributed by atoms with Crippen molar-refractivity contribution in [1.82, 2.24) is 10.3 Å². The largest absolute Gasteiger partial charge is 0.312 e. The molecule has 0 amide bonds. The Balaban J connectivity index is 1.97. The number of nitrogens with zero attached hydrogens (tertiary/aromatic N) is 1. The van der Waals surface area contributed by atoms with E-state index in [0.29, 0.717) is 12.0 Å². The Kier molecular flexibility index (Phi) is 4.04. The summed E-state index contributed by atoms with van der Waals surface area (Å²) in [7, 11) is 2.03. The Hall–Kier alpha value is -1.71. The van der Waals surface area contributed by atoms with Crippen LogP contribution in [-0.2, 0) is 0 Å². The highest BCUT2D eigenvalue weighted by molar-refractivity contribution is 7.15. The second-order valence-corrected chi connectivity index (χ2v) is 6.74. The molecule has 1 N–H and O–H groups in total. The van der Waals surface area contributed by atoms with Crippen molar-refractivity contribution in [2.75, 3.05) is 7.05 Å². The molecule has 0 spiro atoms. The van der Waals surface area contributed by atoms with E-state index in [4.69, 9.17) is 0 Å². The molecule has 0 saturated carbocycles. The molecule has 0 saturated heterocycles. The Morgan fingerprint density at radius 1 is 1.10 bits per heavy atom. The molecule has 0 aliphatic rings. The number of hydrogen-bond acceptors (Lipinski definition) is 3. The third-order valence-electron chi connectivity index (χ3n) is 3.80. The van der Waals surface area contributed by atoms with Crippen LogP contribution in [0.4, 0.5) is 0 Å². The van der Waals surface area contributed by atoms with Gasteiger partial charge in [-0.25, -0.2) is 0 Å². The first-order valence-corrected chi connectivity index (χ1v) is 8.13. The van der Waals surface area contributed by atoms with E-state index in [1.54, 1.807) is 0 Å². The van der Waals surface area contributed by atoms with E-state index in [-0.39, 0.29) is 0 Å². The quantitative estimate of drug-likeness (QED) is 0.742. The minimum absolute atomic E-state index is 0.422. The number of nitrogens with one attached hydrogen (secondary N) is 1. The fraction of sp³-hybridized carbons (Fsp3) is 0.278. The number of aromatic nitrogens is 1. The molecule has 21 heavy (non-hydrogen) atoms. The highest BCUT2D eigenvalue weighted by Gasteiger charge is 2.16. The van der Waals surface area contributed by atoms with Crippen molar-refractivity contribution in [3.8, 4) is 10.4 Å². The van der Waals surface area contributed by atoms with E-state index >= 15 is 0 Å². The Morgan fingerprint density at radius 2 is 1.95 bits per heavy atom. The topological polar surface area (TPSA) is 24.9 Å². The average Bonchev–Trinajstić information content (AvgIpc) is 2.96. The molecule has 1 aromatic carbocycles. The molecule has 1 atom stereocenters. The monoisotopic (exact) mass is 296 g/mol. The summed E-state index contributed by atoms with van der Waals surface area (Å²) in [5, 5.41) is 4.61. The third-order valence-corrected chi connectivity index (χ3v) is 5.02. The normalized spacial score (nSPS) is 13.0. The molecule has 108 valence electrons. The second-order valence-electron chi connectivity index (χ2n) is 5.62. The van der Waals surface area contributed by atoms with Crippen molar-refractivity contribution in [3.05, 3.63) is 53.5 Å². The first kappa shape index (κ1) is 14.2. The molecule has 3 rings (SSSR count). The maximum absolute atomic E-state index is 4.38. The van der Waals surface area contributed by atoms with Crippen molar-refractivity contribution < 1.29 is 0 Å². The molecule has 2 heterocycles. The van der Waals surface area contributed by atoms with Crippen LogP contribution < -0.4 is 5.32 Å². The van der Waals surface area contributed by atoms with Crippen LogP contribution in [0, 0.1) is 5.92 Å². The standard InChI is InChI=1S/C18H20N2S/c1-12(2)18(19-3)17-9-8-16(21-17)14-6-7-15-13(11-14)5-4-10-20-15/h4-12,18-19H,1-3H3. The van der Waals surface area contributed by atoms with E-state index in [0.717, 1.165) is 5.52 Å². The maximum Gasteiger partial charge on any atom is 0.0702 e. The van der Waals surface area contributed by atoms with E-state index < -0.39 is 0 Å². The molecule has 3 aromatic rings. The van der Waals surface area contributed by atoms with Gasteiger partial charge in [0, 0.05) is 27.4 Å². The molecule has 0 radical (unpaired) electrons. The van der Waals surface area contributed by atoms with Crippen molar-refractivity contribution in [1.29, 1.82) is 0 Å². The lowest BCUT2D eigenvalue weighted by molar-refractivity contribution is 0.449. The summed E-state index contributed by atoms with van der Waals surface area (Å²) in [4.78, 5) is 7.09. The first-order valence-electron chi connectivity index (χ1n) is 7.31. The molecule has 0 fully saturated rings. The zero-order valence-electron chi connectivity index (χ0n) is 12.6. The predicted octanol–water partition coefficient (Wildman–Crippen LogP) is 4.88. The van der Waals surface area contributed by atoms with Gasteiger partial charge in [-0.1, -0.05) is 26.0 Å². The smallest absolute Gasteiger partial charge is 0.0702 e. The minimum Gasteiger partial charge on any atom is -0.312 e.